The molecule has 2 nitrogen and oxygen atoms in total. The van der Waals surface area contributed by atoms with Crippen LogP contribution in [-0.2, 0) is 4.74 Å². The molecule has 0 saturated heterocycles. The SMILES string of the molecule is C#CCOCCC(C)(C)O. The third-order valence-corrected chi connectivity index (χ3v) is 1.04. The van der Waals surface area contributed by atoms with Crippen LogP contribution in [0.25, 0.3) is 0 Å². The molecule has 58 valence electrons. The maximum Gasteiger partial charge on any atom is 0.107 e. The van der Waals surface area contributed by atoms with E-state index in [9.17, 15) is 5.11 Å². The summed E-state index contributed by atoms with van der Waals surface area (Å²) in [5.74, 6) is 2.35. The fraction of sp³-hybridized carbons (Fsp3) is 0.750. The Morgan fingerprint density at radius 3 is 2.60 bits per heavy atom. The monoisotopic (exact) mass is 142 g/mol. The van der Waals surface area contributed by atoms with Gasteiger partial charge in [0.25, 0.3) is 0 Å². The summed E-state index contributed by atoms with van der Waals surface area (Å²) in [5, 5.41) is 9.19. The van der Waals surface area contributed by atoms with Gasteiger partial charge in [0, 0.05) is 0 Å². The lowest BCUT2D eigenvalue weighted by Gasteiger charge is -2.15. The van der Waals surface area contributed by atoms with Crippen molar-refractivity contribution in [2.45, 2.75) is 25.9 Å². The summed E-state index contributed by atoms with van der Waals surface area (Å²) in [4.78, 5) is 0. The molecule has 0 amide bonds. The molecule has 0 aromatic heterocycles. The predicted octanol–water partition coefficient (Wildman–Crippen LogP) is 0.797. The first-order chi connectivity index (χ1) is 4.56. The molecule has 0 saturated carbocycles. The topological polar surface area (TPSA) is 29.5 Å². The van der Waals surface area contributed by atoms with Gasteiger partial charge in [0.1, 0.15) is 6.61 Å². The minimum absolute atomic E-state index is 0.329. The van der Waals surface area contributed by atoms with Gasteiger partial charge in [0.05, 0.1) is 12.2 Å². The van der Waals surface area contributed by atoms with Crippen molar-refractivity contribution in [1.29, 1.82) is 0 Å². The highest BCUT2D eigenvalue weighted by Crippen LogP contribution is 2.05. The van der Waals surface area contributed by atoms with E-state index in [1.54, 1.807) is 13.8 Å². The lowest BCUT2D eigenvalue weighted by Crippen LogP contribution is -2.20. The van der Waals surface area contributed by atoms with Gasteiger partial charge >= 0.3 is 0 Å². The first-order valence-corrected chi connectivity index (χ1v) is 3.30. The van der Waals surface area contributed by atoms with E-state index in [0.717, 1.165) is 0 Å². The first-order valence-electron chi connectivity index (χ1n) is 3.30. The number of terminal acetylenes is 1. The van der Waals surface area contributed by atoms with Crippen molar-refractivity contribution < 1.29 is 9.84 Å². The second-order valence-corrected chi connectivity index (χ2v) is 2.82. The van der Waals surface area contributed by atoms with Crippen molar-refractivity contribution in [3.63, 3.8) is 0 Å². The van der Waals surface area contributed by atoms with Crippen molar-refractivity contribution in [3.05, 3.63) is 0 Å². The lowest BCUT2D eigenvalue weighted by molar-refractivity contribution is 0.0354. The second-order valence-electron chi connectivity index (χ2n) is 2.82. The number of hydrogen-bond donors (Lipinski definition) is 1. The van der Waals surface area contributed by atoms with Crippen LogP contribution in [-0.4, -0.2) is 23.9 Å². The van der Waals surface area contributed by atoms with Crippen LogP contribution in [0.1, 0.15) is 20.3 Å². The molecule has 1 N–H and O–H groups in total. The Morgan fingerprint density at radius 2 is 2.20 bits per heavy atom. The summed E-state index contributed by atoms with van der Waals surface area (Å²) < 4.78 is 4.96. The van der Waals surface area contributed by atoms with Crippen LogP contribution in [0.3, 0.4) is 0 Å². The van der Waals surface area contributed by atoms with E-state index in [-0.39, 0.29) is 0 Å². The lowest BCUT2D eigenvalue weighted by atomic mass is 10.1. The number of aliphatic hydroxyl groups is 1. The van der Waals surface area contributed by atoms with E-state index in [4.69, 9.17) is 11.2 Å². The minimum atomic E-state index is -0.644. The van der Waals surface area contributed by atoms with E-state index in [2.05, 4.69) is 5.92 Å². The molecular formula is C8H14O2. The van der Waals surface area contributed by atoms with E-state index in [1.807, 2.05) is 0 Å². The van der Waals surface area contributed by atoms with Gasteiger partial charge in [-0.25, -0.2) is 0 Å². The molecule has 0 heterocycles. The molecule has 0 aromatic carbocycles. The fourth-order valence-electron chi connectivity index (χ4n) is 0.453. The van der Waals surface area contributed by atoms with Crippen molar-refractivity contribution in [2.75, 3.05) is 13.2 Å². The zero-order chi connectivity index (χ0) is 8.04. The summed E-state index contributed by atoms with van der Waals surface area (Å²) in [5.41, 5.74) is -0.644. The van der Waals surface area contributed by atoms with Crippen molar-refractivity contribution in [2.24, 2.45) is 0 Å². The number of ether oxygens (including phenoxy) is 1. The van der Waals surface area contributed by atoms with Crippen molar-refractivity contribution in [1.82, 2.24) is 0 Å². The highest BCUT2D eigenvalue weighted by molar-refractivity contribution is 4.82. The number of rotatable bonds is 4. The largest absolute Gasteiger partial charge is 0.390 e. The van der Waals surface area contributed by atoms with Crippen molar-refractivity contribution in [3.8, 4) is 12.3 Å². The molecule has 0 aliphatic rings. The summed E-state index contributed by atoms with van der Waals surface area (Å²) in [7, 11) is 0. The second kappa shape index (κ2) is 4.32. The van der Waals surface area contributed by atoms with Gasteiger partial charge in [0.2, 0.25) is 0 Å². The summed E-state index contributed by atoms with van der Waals surface area (Å²) in [6, 6.07) is 0. The Hall–Kier alpha value is -0.520. The molecule has 0 radical (unpaired) electrons. The smallest absolute Gasteiger partial charge is 0.107 e. The van der Waals surface area contributed by atoms with Crippen LogP contribution < -0.4 is 0 Å². The molecule has 0 fully saturated rings. The molecule has 0 spiro atoms. The van der Waals surface area contributed by atoms with Crippen LogP contribution in [0.4, 0.5) is 0 Å². The average molecular weight is 142 g/mol. The predicted molar refractivity (Wildman–Crippen MR) is 40.6 cm³/mol. The Kier molecular flexibility index (Phi) is 4.10. The maximum atomic E-state index is 9.19. The molecule has 0 unspecified atom stereocenters. The highest BCUT2D eigenvalue weighted by atomic mass is 16.5. The first kappa shape index (κ1) is 9.48. The molecule has 2 heteroatoms. The van der Waals surface area contributed by atoms with Gasteiger partial charge < -0.3 is 9.84 Å². The zero-order valence-electron chi connectivity index (χ0n) is 6.55. The Labute approximate surface area is 62.2 Å². The Bertz CT molecular complexity index is 116. The van der Waals surface area contributed by atoms with Gasteiger partial charge in [-0.3, -0.25) is 0 Å². The molecule has 0 aliphatic carbocycles. The van der Waals surface area contributed by atoms with E-state index in [0.29, 0.717) is 19.6 Å². The summed E-state index contributed by atoms with van der Waals surface area (Å²) in [6.45, 7) is 4.34. The summed E-state index contributed by atoms with van der Waals surface area (Å²) in [6.07, 6.45) is 5.56. The molecule has 10 heavy (non-hydrogen) atoms. The van der Waals surface area contributed by atoms with Gasteiger partial charge in [-0.15, -0.1) is 6.42 Å². The minimum Gasteiger partial charge on any atom is -0.390 e. The Morgan fingerprint density at radius 1 is 1.60 bits per heavy atom. The molecule has 0 aliphatic heterocycles. The van der Waals surface area contributed by atoms with Gasteiger partial charge in [-0.1, -0.05) is 5.92 Å². The molecule has 0 bridgehead atoms. The molecule has 0 rings (SSSR count). The summed E-state index contributed by atoms with van der Waals surface area (Å²) >= 11 is 0. The van der Waals surface area contributed by atoms with Crippen LogP contribution in [0, 0.1) is 12.3 Å². The molecule has 0 aromatic rings. The van der Waals surface area contributed by atoms with Crippen LogP contribution in [0.5, 0.6) is 0 Å². The van der Waals surface area contributed by atoms with Gasteiger partial charge in [-0.05, 0) is 20.3 Å². The Balaban J connectivity index is 3.14. The third-order valence-electron chi connectivity index (χ3n) is 1.04. The van der Waals surface area contributed by atoms with E-state index in [1.165, 1.54) is 0 Å². The molecule has 0 atom stereocenters. The van der Waals surface area contributed by atoms with Gasteiger partial charge in [-0.2, -0.15) is 0 Å². The average Bonchev–Trinajstić information content (AvgIpc) is 1.78. The van der Waals surface area contributed by atoms with Crippen LogP contribution in [0.2, 0.25) is 0 Å². The number of hydrogen-bond acceptors (Lipinski definition) is 2. The molecular weight excluding hydrogens is 128 g/mol. The highest BCUT2D eigenvalue weighted by Gasteiger charge is 2.10. The normalized spacial score (nSPS) is 11.0. The quantitative estimate of drug-likeness (QED) is 0.464. The maximum absolute atomic E-state index is 9.19. The zero-order valence-corrected chi connectivity index (χ0v) is 6.55. The van der Waals surface area contributed by atoms with E-state index < -0.39 is 5.60 Å². The van der Waals surface area contributed by atoms with Crippen molar-refractivity contribution >= 4 is 0 Å². The van der Waals surface area contributed by atoms with E-state index >= 15 is 0 Å². The van der Waals surface area contributed by atoms with Gasteiger partial charge in [0.15, 0.2) is 0 Å². The van der Waals surface area contributed by atoms with Crippen LogP contribution in [0.15, 0.2) is 0 Å². The standard InChI is InChI=1S/C8H14O2/c1-4-6-10-7-5-8(2,3)9/h1,9H,5-7H2,2-3H3. The van der Waals surface area contributed by atoms with Crippen LogP contribution >= 0.6 is 0 Å². The third kappa shape index (κ3) is 7.48. The fourth-order valence-corrected chi connectivity index (χ4v) is 0.453.